The Labute approximate surface area is 172 Å². The Balaban J connectivity index is 1.86. The van der Waals surface area contributed by atoms with Gasteiger partial charge in [0.15, 0.2) is 0 Å². The third-order valence-electron chi connectivity index (χ3n) is 6.13. The van der Waals surface area contributed by atoms with Crippen molar-refractivity contribution in [1.29, 1.82) is 0 Å². The zero-order chi connectivity index (χ0) is 21.4. The summed E-state index contributed by atoms with van der Waals surface area (Å²) in [5.74, 6) is -1.37. The molecule has 0 aliphatic heterocycles. The lowest BCUT2D eigenvalue weighted by Gasteiger charge is -2.42. The van der Waals surface area contributed by atoms with Crippen molar-refractivity contribution in [2.24, 2.45) is 0 Å². The number of carboxylic acid groups (broad SMARTS) is 1. The van der Waals surface area contributed by atoms with E-state index in [0.29, 0.717) is 12.1 Å². The predicted octanol–water partition coefficient (Wildman–Crippen LogP) is 4.33. The van der Waals surface area contributed by atoms with Gasteiger partial charge in [-0.25, -0.2) is 4.79 Å². The van der Waals surface area contributed by atoms with Gasteiger partial charge in [0.2, 0.25) is 0 Å². The van der Waals surface area contributed by atoms with E-state index < -0.39 is 12.7 Å². The van der Waals surface area contributed by atoms with Gasteiger partial charge >= 0.3 is 5.97 Å². The first-order chi connectivity index (χ1) is 13.5. The van der Waals surface area contributed by atoms with Crippen LogP contribution in [0.3, 0.4) is 0 Å². The molecule has 0 heterocycles. The number of hydrogen-bond acceptors (Lipinski definition) is 3. The summed E-state index contributed by atoms with van der Waals surface area (Å²) in [6.45, 7) is 8.93. The van der Waals surface area contributed by atoms with Crippen molar-refractivity contribution in [2.75, 3.05) is 6.73 Å². The molecule has 0 radical (unpaired) electrons. The van der Waals surface area contributed by atoms with Crippen molar-refractivity contribution in [1.82, 2.24) is 4.90 Å². The summed E-state index contributed by atoms with van der Waals surface area (Å²) in [5, 5.41) is 18.8. The molecule has 0 unspecified atom stereocenters. The van der Waals surface area contributed by atoms with Crippen LogP contribution in [-0.2, 0) is 17.4 Å². The van der Waals surface area contributed by atoms with Crippen molar-refractivity contribution in [3.63, 3.8) is 0 Å². The lowest BCUT2D eigenvalue weighted by molar-refractivity contribution is 0.0530. The highest BCUT2D eigenvalue weighted by Crippen LogP contribution is 2.45. The Hall–Kier alpha value is -2.66. The number of aromatic carboxylic acids is 1. The summed E-state index contributed by atoms with van der Waals surface area (Å²) < 4.78 is 0. The molecular formula is C24H29NO4. The van der Waals surface area contributed by atoms with Crippen LogP contribution in [0.1, 0.15) is 77.9 Å². The van der Waals surface area contributed by atoms with Crippen LogP contribution in [0, 0.1) is 0 Å². The highest BCUT2D eigenvalue weighted by molar-refractivity contribution is 5.95. The number of rotatable bonds is 5. The second-order valence-electron chi connectivity index (χ2n) is 9.17. The molecule has 1 aliphatic rings. The predicted molar refractivity (Wildman–Crippen MR) is 112 cm³/mol. The third kappa shape index (κ3) is 4.20. The zero-order valence-electron chi connectivity index (χ0n) is 17.5. The maximum absolute atomic E-state index is 12.8. The Morgan fingerprint density at radius 3 is 2.00 bits per heavy atom. The van der Waals surface area contributed by atoms with Crippen molar-refractivity contribution < 1.29 is 19.8 Å². The van der Waals surface area contributed by atoms with Gasteiger partial charge in [-0.1, -0.05) is 45.9 Å². The summed E-state index contributed by atoms with van der Waals surface area (Å²) in [7, 11) is 0. The molecule has 2 aromatic rings. The van der Waals surface area contributed by atoms with Crippen LogP contribution in [0.25, 0.3) is 0 Å². The van der Waals surface area contributed by atoms with E-state index >= 15 is 0 Å². The molecule has 154 valence electrons. The van der Waals surface area contributed by atoms with E-state index in [1.165, 1.54) is 40.3 Å². The van der Waals surface area contributed by atoms with E-state index in [9.17, 15) is 14.7 Å². The highest BCUT2D eigenvalue weighted by atomic mass is 16.4. The van der Waals surface area contributed by atoms with Gasteiger partial charge < -0.3 is 15.1 Å². The molecule has 1 amide bonds. The molecule has 5 heteroatoms. The topological polar surface area (TPSA) is 77.8 Å². The molecule has 5 nitrogen and oxygen atoms in total. The van der Waals surface area contributed by atoms with Gasteiger partial charge in [-0.2, -0.15) is 0 Å². The minimum absolute atomic E-state index is 0.0710. The van der Waals surface area contributed by atoms with Crippen LogP contribution in [0.2, 0.25) is 0 Å². The molecule has 29 heavy (non-hydrogen) atoms. The average Bonchev–Trinajstić information content (AvgIpc) is 2.69. The summed E-state index contributed by atoms with van der Waals surface area (Å²) in [4.78, 5) is 25.2. The average molecular weight is 395 g/mol. The molecule has 0 atom stereocenters. The quantitative estimate of drug-likeness (QED) is 0.739. The summed E-state index contributed by atoms with van der Waals surface area (Å²) >= 11 is 0. The molecule has 2 N–H and O–H groups in total. The first-order valence-corrected chi connectivity index (χ1v) is 9.92. The Morgan fingerprint density at radius 2 is 1.45 bits per heavy atom. The number of carbonyl (C=O) groups is 2. The Kier molecular flexibility index (Phi) is 5.54. The zero-order valence-corrected chi connectivity index (χ0v) is 17.5. The van der Waals surface area contributed by atoms with Crippen LogP contribution in [-0.4, -0.2) is 33.7 Å². The van der Waals surface area contributed by atoms with E-state index in [-0.39, 0.29) is 22.3 Å². The number of hydrogen-bond donors (Lipinski definition) is 2. The molecule has 0 aromatic heterocycles. The van der Waals surface area contributed by atoms with E-state index in [1.54, 1.807) is 0 Å². The van der Waals surface area contributed by atoms with E-state index in [4.69, 9.17) is 5.11 Å². The SMILES string of the molecule is CC1(C)CCC(C)(C)c2cc(CN(CO)C(=O)c3ccc(C(=O)O)cc3)ccc21. The lowest BCUT2D eigenvalue weighted by atomic mass is 9.63. The summed E-state index contributed by atoms with van der Waals surface area (Å²) in [6, 6.07) is 12.1. The van der Waals surface area contributed by atoms with E-state index in [1.807, 2.05) is 6.07 Å². The van der Waals surface area contributed by atoms with Gasteiger partial charge in [0.25, 0.3) is 5.91 Å². The van der Waals surface area contributed by atoms with Crippen LogP contribution < -0.4 is 0 Å². The van der Waals surface area contributed by atoms with Gasteiger partial charge in [-0.15, -0.1) is 0 Å². The molecule has 2 aromatic carbocycles. The summed E-state index contributed by atoms with van der Waals surface area (Å²) in [5.41, 5.74) is 4.30. The number of aliphatic hydroxyl groups is 1. The number of benzene rings is 2. The van der Waals surface area contributed by atoms with Crippen molar-refractivity contribution in [3.8, 4) is 0 Å². The van der Waals surface area contributed by atoms with Crippen molar-refractivity contribution in [3.05, 3.63) is 70.3 Å². The first-order valence-electron chi connectivity index (χ1n) is 9.92. The Bertz CT molecular complexity index is 928. The van der Waals surface area contributed by atoms with Crippen LogP contribution in [0.5, 0.6) is 0 Å². The van der Waals surface area contributed by atoms with E-state index in [2.05, 4.69) is 39.8 Å². The minimum Gasteiger partial charge on any atom is -0.478 e. The minimum atomic E-state index is -1.04. The van der Waals surface area contributed by atoms with Gasteiger partial charge in [0.1, 0.15) is 6.73 Å². The lowest BCUT2D eigenvalue weighted by Crippen LogP contribution is -2.35. The van der Waals surface area contributed by atoms with Crippen molar-refractivity contribution >= 4 is 11.9 Å². The maximum Gasteiger partial charge on any atom is 0.335 e. The molecule has 0 saturated carbocycles. The normalized spacial score (nSPS) is 16.7. The molecule has 0 saturated heterocycles. The number of nitrogens with zero attached hydrogens (tertiary/aromatic N) is 1. The largest absolute Gasteiger partial charge is 0.478 e. The monoisotopic (exact) mass is 395 g/mol. The Morgan fingerprint density at radius 1 is 0.897 bits per heavy atom. The van der Waals surface area contributed by atoms with Gasteiger partial charge in [-0.05, 0) is 64.6 Å². The number of amides is 1. The fourth-order valence-electron chi connectivity index (χ4n) is 4.08. The first kappa shape index (κ1) is 21.1. The summed E-state index contributed by atoms with van der Waals surface area (Å²) in [6.07, 6.45) is 2.24. The van der Waals surface area contributed by atoms with Crippen LogP contribution in [0.15, 0.2) is 42.5 Å². The molecule has 0 bridgehead atoms. The molecule has 0 spiro atoms. The molecule has 1 aliphatic carbocycles. The number of fused-ring (bicyclic) bond motifs is 1. The van der Waals surface area contributed by atoms with Crippen molar-refractivity contribution in [2.45, 2.75) is 57.9 Å². The van der Waals surface area contributed by atoms with Crippen LogP contribution >= 0.6 is 0 Å². The van der Waals surface area contributed by atoms with E-state index in [0.717, 1.165) is 18.4 Å². The number of carbonyl (C=O) groups excluding carboxylic acids is 1. The number of aliphatic hydroxyl groups excluding tert-OH is 1. The number of carboxylic acids is 1. The van der Waals surface area contributed by atoms with Gasteiger partial charge in [0, 0.05) is 12.1 Å². The smallest absolute Gasteiger partial charge is 0.335 e. The van der Waals surface area contributed by atoms with Gasteiger partial charge in [-0.3, -0.25) is 4.79 Å². The molecule has 0 fully saturated rings. The maximum atomic E-state index is 12.8. The second kappa shape index (κ2) is 7.64. The fraction of sp³-hybridized carbons (Fsp3) is 0.417. The molecule has 3 rings (SSSR count). The fourth-order valence-corrected chi connectivity index (χ4v) is 4.08. The molecular weight excluding hydrogens is 366 g/mol. The second-order valence-corrected chi connectivity index (χ2v) is 9.17. The van der Waals surface area contributed by atoms with Gasteiger partial charge in [0.05, 0.1) is 5.56 Å². The standard InChI is InChI=1S/C24H29NO4/c1-23(2)11-12-24(3,4)20-13-16(5-10-19(20)23)14-25(15-26)21(27)17-6-8-18(9-7-17)22(28)29/h5-10,13,26H,11-12,14-15H2,1-4H3,(H,28,29). The third-order valence-corrected chi connectivity index (χ3v) is 6.13. The highest BCUT2D eigenvalue weighted by Gasteiger charge is 2.37. The van der Waals surface area contributed by atoms with Crippen LogP contribution in [0.4, 0.5) is 0 Å².